The first kappa shape index (κ1) is 24.5. The molecule has 0 aromatic heterocycles. The Morgan fingerprint density at radius 3 is 2.14 bits per heavy atom. The standard InChI is InChI=1S/C34H33F/c1-3-5-7-8-10-31-22-23-32-25-28(17-24-33(32)34(31)35)12-11-27-15-20-30(21-16-27)29-18-13-26(14-19-29)9-6-4-2/h4,13-25H,2-3,5-10H2,1H3. The highest BCUT2D eigenvalue weighted by Gasteiger charge is 2.07. The molecule has 0 aliphatic rings. The maximum absolute atomic E-state index is 15.0. The number of aryl methyl sites for hydroxylation is 2. The third-order valence-electron chi connectivity index (χ3n) is 6.49. The highest BCUT2D eigenvalue weighted by molar-refractivity contribution is 5.85. The average molecular weight is 461 g/mol. The average Bonchev–Trinajstić information content (AvgIpc) is 2.90. The maximum Gasteiger partial charge on any atom is 0.134 e. The number of hydrogen-bond acceptors (Lipinski definition) is 0. The van der Waals surface area contributed by atoms with Gasteiger partial charge in [-0.05, 0) is 77.6 Å². The zero-order chi connectivity index (χ0) is 24.5. The molecule has 0 saturated heterocycles. The number of hydrogen-bond donors (Lipinski definition) is 0. The quantitative estimate of drug-likeness (QED) is 0.133. The van der Waals surface area contributed by atoms with E-state index in [2.05, 4.69) is 73.9 Å². The van der Waals surface area contributed by atoms with Crippen LogP contribution >= 0.6 is 0 Å². The van der Waals surface area contributed by atoms with Crippen molar-refractivity contribution in [1.29, 1.82) is 0 Å². The van der Waals surface area contributed by atoms with Crippen molar-refractivity contribution in [1.82, 2.24) is 0 Å². The maximum atomic E-state index is 15.0. The molecule has 0 aliphatic carbocycles. The van der Waals surface area contributed by atoms with Gasteiger partial charge in [-0.3, -0.25) is 0 Å². The Balaban J connectivity index is 1.45. The molecule has 0 fully saturated rings. The fraction of sp³-hybridized carbons (Fsp3) is 0.235. The molecule has 4 aromatic carbocycles. The van der Waals surface area contributed by atoms with Crippen LogP contribution in [-0.2, 0) is 12.8 Å². The van der Waals surface area contributed by atoms with Gasteiger partial charge in [-0.2, -0.15) is 0 Å². The second-order valence-corrected chi connectivity index (χ2v) is 9.14. The Labute approximate surface area is 209 Å². The minimum absolute atomic E-state index is 0.0807. The highest BCUT2D eigenvalue weighted by Crippen LogP contribution is 2.24. The fourth-order valence-electron chi connectivity index (χ4n) is 4.37. The van der Waals surface area contributed by atoms with Crippen molar-refractivity contribution >= 4 is 10.8 Å². The van der Waals surface area contributed by atoms with Crippen molar-refractivity contribution in [2.75, 3.05) is 0 Å². The van der Waals surface area contributed by atoms with E-state index in [1.807, 2.05) is 36.4 Å². The molecule has 4 aromatic rings. The van der Waals surface area contributed by atoms with Gasteiger partial charge >= 0.3 is 0 Å². The molecule has 0 radical (unpaired) electrons. The van der Waals surface area contributed by atoms with Gasteiger partial charge in [0, 0.05) is 16.5 Å². The molecule has 4 rings (SSSR count). The van der Waals surface area contributed by atoms with E-state index in [4.69, 9.17) is 0 Å². The molecule has 0 spiro atoms. The third-order valence-corrected chi connectivity index (χ3v) is 6.49. The van der Waals surface area contributed by atoms with Gasteiger partial charge < -0.3 is 0 Å². The molecule has 0 N–H and O–H groups in total. The van der Waals surface area contributed by atoms with E-state index >= 15 is 0 Å². The lowest BCUT2D eigenvalue weighted by atomic mass is 9.99. The molecule has 0 nitrogen and oxygen atoms in total. The summed E-state index contributed by atoms with van der Waals surface area (Å²) in [6.07, 6.45) is 9.39. The van der Waals surface area contributed by atoms with Crippen LogP contribution in [0.1, 0.15) is 61.3 Å². The van der Waals surface area contributed by atoms with E-state index < -0.39 is 0 Å². The normalized spacial score (nSPS) is 10.7. The number of halogens is 1. The summed E-state index contributed by atoms with van der Waals surface area (Å²) in [6.45, 7) is 5.98. The number of unbranched alkanes of at least 4 members (excludes halogenated alkanes) is 3. The van der Waals surface area contributed by atoms with Gasteiger partial charge in [0.05, 0.1) is 0 Å². The molecule has 1 heteroatoms. The molecule has 0 unspecified atom stereocenters. The first-order valence-corrected chi connectivity index (χ1v) is 12.7. The van der Waals surface area contributed by atoms with Gasteiger partial charge in [0.15, 0.2) is 0 Å². The monoisotopic (exact) mass is 460 g/mol. The fourth-order valence-corrected chi connectivity index (χ4v) is 4.37. The first-order valence-electron chi connectivity index (χ1n) is 12.7. The number of rotatable bonds is 9. The molecular weight excluding hydrogens is 427 g/mol. The van der Waals surface area contributed by atoms with Gasteiger partial charge in [0.25, 0.3) is 0 Å². The summed E-state index contributed by atoms with van der Waals surface area (Å²) >= 11 is 0. The summed E-state index contributed by atoms with van der Waals surface area (Å²) in [5.74, 6) is 6.41. The van der Waals surface area contributed by atoms with Crippen LogP contribution in [0.5, 0.6) is 0 Å². The zero-order valence-corrected chi connectivity index (χ0v) is 20.6. The van der Waals surface area contributed by atoms with Crippen molar-refractivity contribution in [2.24, 2.45) is 0 Å². The predicted octanol–water partition coefficient (Wildman–Crippen LogP) is 9.29. The molecule has 0 heterocycles. The zero-order valence-electron chi connectivity index (χ0n) is 20.6. The van der Waals surface area contributed by atoms with Crippen molar-refractivity contribution in [3.8, 4) is 23.0 Å². The van der Waals surface area contributed by atoms with E-state index in [0.717, 1.165) is 54.2 Å². The SMILES string of the molecule is C=CCCc1ccc(-c2ccc(C#Cc3ccc4c(F)c(CCCCCC)ccc4c3)cc2)cc1. The van der Waals surface area contributed by atoms with Crippen LogP contribution in [-0.4, -0.2) is 0 Å². The first-order chi connectivity index (χ1) is 17.2. The van der Waals surface area contributed by atoms with Crippen LogP contribution in [0.25, 0.3) is 21.9 Å². The van der Waals surface area contributed by atoms with Crippen LogP contribution in [0.4, 0.5) is 4.39 Å². The summed E-state index contributed by atoms with van der Waals surface area (Å²) in [4.78, 5) is 0. The number of fused-ring (bicyclic) bond motifs is 1. The largest absolute Gasteiger partial charge is 0.206 e. The minimum atomic E-state index is -0.0807. The topological polar surface area (TPSA) is 0 Å². The van der Waals surface area contributed by atoms with Crippen LogP contribution in [0.15, 0.2) is 91.5 Å². The van der Waals surface area contributed by atoms with Gasteiger partial charge in [-0.15, -0.1) is 6.58 Å². The lowest BCUT2D eigenvalue weighted by Crippen LogP contribution is -1.93. The summed E-state index contributed by atoms with van der Waals surface area (Å²) in [5.41, 5.74) is 6.39. The van der Waals surface area contributed by atoms with Gasteiger partial charge in [-0.1, -0.05) is 98.7 Å². The van der Waals surface area contributed by atoms with Gasteiger partial charge in [-0.25, -0.2) is 4.39 Å². The smallest absolute Gasteiger partial charge is 0.134 e. The summed E-state index contributed by atoms with van der Waals surface area (Å²) in [5, 5.41) is 1.59. The second-order valence-electron chi connectivity index (χ2n) is 9.14. The lowest BCUT2D eigenvalue weighted by molar-refractivity contribution is 0.603. The number of allylic oxidation sites excluding steroid dienone is 1. The van der Waals surface area contributed by atoms with E-state index in [1.54, 1.807) is 0 Å². The van der Waals surface area contributed by atoms with Gasteiger partial charge in [0.1, 0.15) is 5.82 Å². The molecule has 0 atom stereocenters. The van der Waals surface area contributed by atoms with Crippen LogP contribution in [0.2, 0.25) is 0 Å². The van der Waals surface area contributed by atoms with Crippen molar-refractivity contribution in [3.05, 3.63) is 120 Å². The molecule has 176 valence electrons. The Kier molecular flexibility index (Phi) is 8.53. The van der Waals surface area contributed by atoms with Gasteiger partial charge in [0.2, 0.25) is 0 Å². The van der Waals surface area contributed by atoms with E-state index in [9.17, 15) is 4.39 Å². The van der Waals surface area contributed by atoms with E-state index in [-0.39, 0.29) is 5.82 Å². The Hall–Kier alpha value is -3.63. The Morgan fingerprint density at radius 1 is 0.743 bits per heavy atom. The van der Waals surface area contributed by atoms with Crippen molar-refractivity contribution in [2.45, 2.75) is 51.9 Å². The van der Waals surface area contributed by atoms with Crippen LogP contribution in [0.3, 0.4) is 0 Å². The minimum Gasteiger partial charge on any atom is -0.206 e. The van der Waals surface area contributed by atoms with Crippen LogP contribution < -0.4 is 0 Å². The van der Waals surface area contributed by atoms with Crippen LogP contribution in [0, 0.1) is 17.7 Å². The Bertz CT molecular complexity index is 1330. The molecule has 0 aliphatic heterocycles. The molecular formula is C34H33F. The lowest BCUT2D eigenvalue weighted by Gasteiger charge is -2.07. The summed E-state index contributed by atoms with van der Waals surface area (Å²) < 4.78 is 15.0. The second kappa shape index (κ2) is 12.2. The van der Waals surface area contributed by atoms with E-state index in [1.165, 1.54) is 29.5 Å². The van der Waals surface area contributed by atoms with Crippen molar-refractivity contribution in [3.63, 3.8) is 0 Å². The van der Waals surface area contributed by atoms with Crippen molar-refractivity contribution < 1.29 is 4.39 Å². The summed E-state index contributed by atoms with van der Waals surface area (Å²) in [6, 6.07) is 26.8. The summed E-state index contributed by atoms with van der Waals surface area (Å²) in [7, 11) is 0. The van der Waals surface area contributed by atoms with E-state index in [0.29, 0.717) is 5.39 Å². The molecule has 0 saturated carbocycles. The highest BCUT2D eigenvalue weighted by atomic mass is 19.1. The number of benzene rings is 4. The molecule has 35 heavy (non-hydrogen) atoms. The molecule has 0 bridgehead atoms. The Morgan fingerprint density at radius 2 is 1.43 bits per heavy atom. The predicted molar refractivity (Wildman–Crippen MR) is 148 cm³/mol. The third kappa shape index (κ3) is 6.49. The molecule has 0 amide bonds.